The second kappa shape index (κ2) is 8.81. The van der Waals surface area contributed by atoms with Crippen molar-refractivity contribution >= 4 is 22.5 Å². The first-order chi connectivity index (χ1) is 12.9. The summed E-state index contributed by atoms with van der Waals surface area (Å²) in [4.78, 5) is 13.3. The van der Waals surface area contributed by atoms with Gasteiger partial charge in [0.25, 0.3) is 0 Å². The van der Waals surface area contributed by atoms with Crippen molar-refractivity contribution in [2.75, 3.05) is 0 Å². The van der Waals surface area contributed by atoms with Crippen LogP contribution in [0.15, 0.2) is 30.3 Å². The number of nitrogens with zero attached hydrogens (tertiary/aromatic N) is 3. The Morgan fingerprint density at radius 1 is 0.893 bits per heavy atom. The normalized spacial score (nSPS) is 14.7. The standard InChI is InChI=1S/C20H33N3O3Si2/c1-15(25-27(3,4)5)19-21-22-20(16(2)26-28(6,7)8)23(19)18(24)14-17-12-10-9-11-13-17/h9-13,15-16H,14H2,1-8H3. The molecule has 1 heterocycles. The number of benzene rings is 1. The van der Waals surface area contributed by atoms with E-state index in [1.54, 1.807) is 4.57 Å². The van der Waals surface area contributed by atoms with Gasteiger partial charge in [-0.2, -0.15) is 0 Å². The summed E-state index contributed by atoms with van der Waals surface area (Å²) < 4.78 is 14.0. The maximum absolute atomic E-state index is 13.3. The van der Waals surface area contributed by atoms with Crippen LogP contribution in [-0.2, 0) is 15.3 Å². The number of carbonyl (C=O) groups is 1. The first-order valence-corrected chi connectivity index (χ1v) is 16.6. The van der Waals surface area contributed by atoms with E-state index in [-0.39, 0.29) is 24.5 Å². The zero-order chi connectivity index (χ0) is 21.1. The SMILES string of the molecule is CC(O[Si](C)(C)C)c1nnc(C(C)O[Si](C)(C)C)n1C(=O)Cc1ccccc1. The molecule has 2 atom stereocenters. The van der Waals surface area contributed by atoms with Crippen molar-refractivity contribution in [3.63, 3.8) is 0 Å². The van der Waals surface area contributed by atoms with Crippen LogP contribution in [0.3, 0.4) is 0 Å². The van der Waals surface area contributed by atoms with Crippen molar-refractivity contribution in [3.05, 3.63) is 47.5 Å². The molecule has 2 aromatic rings. The summed E-state index contributed by atoms with van der Waals surface area (Å²) in [6.45, 7) is 16.6. The summed E-state index contributed by atoms with van der Waals surface area (Å²) in [6, 6.07) is 9.71. The molecule has 0 bridgehead atoms. The van der Waals surface area contributed by atoms with Crippen molar-refractivity contribution in [2.45, 2.75) is 71.8 Å². The van der Waals surface area contributed by atoms with E-state index in [1.165, 1.54) is 0 Å². The van der Waals surface area contributed by atoms with Gasteiger partial charge in [-0.05, 0) is 58.7 Å². The largest absolute Gasteiger partial charge is 0.408 e. The monoisotopic (exact) mass is 419 g/mol. The lowest BCUT2D eigenvalue weighted by atomic mass is 10.1. The lowest BCUT2D eigenvalue weighted by molar-refractivity contribution is 0.0877. The third kappa shape index (κ3) is 6.47. The molecule has 0 saturated heterocycles. The van der Waals surface area contributed by atoms with E-state index in [2.05, 4.69) is 49.5 Å². The van der Waals surface area contributed by atoms with Crippen LogP contribution in [0.25, 0.3) is 0 Å². The predicted octanol–water partition coefficient (Wildman–Crippen LogP) is 4.99. The lowest BCUT2D eigenvalue weighted by Gasteiger charge is -2.25. The highest BCUT2D eigenvalue weighted by Crippen LogP contribution is 2.26. The van der Waals surface area contributed by atoms with Gasteiger partial charge >= 0.3 is 0 Å². The van der Waals surface area contributed by atoms with Gasteiger partial charge in [0.15, 0.2) is 28.3 Å². The highest BCUT2D eigenvalue weighted by Gasteiger charge is 2.30. The Morgan fingerprint density at radius 3 is 1.71 bits per heavy atom. The average Bonchev–Trinajstić information content (AvgIpc) is 2.98. The molecule has 1 aromatic carbocycles. The van der Waals surface area contributed by atoms with Crippen molar-refractivity contribution < 1.29 is 13.6 Å². The summed E-state index contributed by atoms with van der Waals surface area (Å²) in [5, 5.41) is 8.68. The molecule has 0 amide bonds. The smallest absolute Gasteiger partial charge is 0.238 e. The van der Waals surface area contributed by atoms with E-state index in [0.29, 0.717) is 11.6 Å². The predicted molar refractivity (Wildman–Crippen MR) is 116 cm³/mol. The molecule has 2 unspecified atom stereocenters. The van der Waals surface area contributed by atoms with E-state index < -0.39 is 16.6 Å². The van der Waals surface area contributed by atoms with Crippen LogP contribution in [0.1, 0.15) is 48.1 Å². The van der Waals surface area contributed by atoms with Gasteiger partial charge in [-0.25, -0.2) is 4.57 Å². The van der Waals surface area contributed by atoms with Gasteiger partial charge in [-0.3, -0.25) is 4.79 Å². The third-order valence-corrected chi connectivity index (χ3v) is 6.07. The highest BCUT2D eigenvalue weighted by atomic mass is 28.4. The van der Waals surface area contributed by atoms with E-state index in [4.69, 9.17) is 8.85 Å². The van der Waals surface area contributed by atoms with Crippen LogP contribution in [0.5, 0.6) is 0 Å². The zero-order valence-electron chi connectivity index (χ0n) is 18.3. The Morgan fingerprint density at radius 2 is 1.32 bits per heavy atom. The molecule has 0 N–H and O–H groups in total. The maximum Gasteiger partial charge on any atom is 0.238 e. The summed E-state index contributed by atoms with van der Waals surface area (Å²) in [6.07, 6.45) is -0.350. The molecule has 6 nitrogen and oxygen atoms in total. The van der Waals surface area contributed by atoms with Crippen LogP contribution in [0.4, 0.5) is 0 Å². The fraction of sp³-hybridized carbons (Fsp3) is 0.550. The number of aromatic nitrogens is 3. The van der Waals surface area contributed by atoms with E-state index in [9.17, 15) is 4.79 Å². The Hall–Kier alpha value is -1.62. The van der Waals surface area contributed by atoms with Crippen LogP contribution >= 0.6 is 0 Å². The minimum Gasteiger partial charge on any atom is -0.408 e. The molecule has 8 heteroatoms. The zero-order valence-corrected chi connectivity index (χ0v) is 20.3. The lowest BCUT2D eigenvalue weighted by Crippen LogP contribution is -2.31. The second-order valence-electron chi connectivity index (χ2n) is 9.05. The van der Waals surface area contributed by atoms with Crippen LogP contribution in [-0.4, -0.2) is 37.3 Å². The average molecular weight is 420 g/mol. The Labute approximate surface area is 170 Å². The first kappa shape index (κ1) is 22.7. The molecule has 1 aromatic heterocycles. The van der Waals surface area contributed by atoms with Gasteiger partial charge in [0.05, 0.1) is 6.42 Å². The Bertz CT molecular complexity index is 756. The van der Waals surface area contributed by atoms with Gasteiger partial charge in [0, 0.05) is 0 Å². The number of rotatable bonds is 8. The molecule has 2 rings (SSSR count). The Kier molecular flexibility index (Phi) is 7.14. The van der Waals surface area contributed by atoms with Gasteiger partial charge in [-0.15, -0.1) is 10.2 Å². The van der Waals surface area contributed by atoms with Crippen molar-refractivity contribution in [1.82, 2.24) is 14.8 Å². The minimum atomic E-state index is -1.81. The number of hydrogen-bond acceptors (Lipinski definition) is 5. The molecule has 0 saturated carbocycles. The molecule has 154 valence electrons. The van der Waals surface area contributed by atoms with E-state index in [1.807, 2.05) is 44.2 Å². The van der Waals surface area contributed by atoms with Gasteiger partial charge in [-0.1, -0.05) is 30.3 Å². The fourth-order valence-corrected chi connectivity index (χ4v) is 5.44. The van der Waals surface area contributed by atoms with Gasteiger partial charge < -0.3 is 8.85 Å². The van der Waals surface area contributed by atoms with E-state index in [0.717, 1.165) is 5.56 Å². The first-order valence-electron chi connectivity index (χ1n) is 9.75. The third-order valence-electron chi connectivity index (χ3n) is 3.95. The molecule has 0 radical (unpaired) electrons. The molecule has 0 aliphatic heterocycles. The molecular formula is C20H33N3O3Si2. The molecule has 0 aliphatic carbocycles. The van der Waals surface area contributed by atoms with Crippen LogP contribution in [0, 0.1) is 0 Å². The number of carbonyl (C=O) groups excluding carboxylic acids is 1. The van der Waals surface area contributed by atoms with Crippen LogP contribution < -0.4 is 0 Å². The number of hydrogen-bond donors (Lipinski definition) is 0. The summed E-state index contributed by atoms with van der Waals surface area (Å²) >= 11 is 0. The van der Waals surface area contributed by atoms with E-state index >= 15 is 0 Å². The summed E-state index contributed by atoms with van der Waals surface area (Å²) in [5.41, 5.74) is 0.954. The maximum atomic E-state index is 13.3. The minimum absolute atomic E-state index is 0.0711. The van der Waals surface area contributed by atoms with Crippen molar-refractivity contribution in [3.8, 4) is 0 Å². The summed E-state index contributed by atoms with van der Waals surface area (Å²) in [5.74, 6) is 1.02. The molecule has 0 spiro atoms. The molecule has 0 aliphatic rings. The highest BCUT2D eigenvalue weighted by molar-refractivity contribution is 6.70. The van der Waals surface area contributed by atoms with Crippen LogP contribution in [0.2, 0.25) is 39.3 Å². The Balaban J connectivity index is 2.41. The molecular weight excluding hydrogens is 386 g/mol. The van der Waals surface area contributed by atoms with Gasteiger partial charge in [0.2, 0.25) is 5.91 Å². The molecule has 0 fully saturated rings. The fourth-order valence-electron chi connectivity index (χ4n) is 3.11. The molecule has 28 heavy (non-hydrogen) atoms. The second-order valence-corrected chi connectivity index (χ2v) is 18.0. The summed E-state index contributed by atoms with van der Waals surface area (Å²) in [7, 11) is -3.62. The van der Waals surface area contributed by atoms with Gasteiger partial charge in [0.1, 0.15) is 12.2 Å². The topological polar surface area (TPSA) is 66.2 Å². The van der Waals surface area contributed by atoms with Crippen molar-refractivity contribution in [2.24, 2.45) is 0 Å². The van der Waals surface area contributed by atoms with Crippen molar-refractivity contribution in [1.29, 1.82) is 0 Å². The quantitative estimate of drug-likeness (QED) is 0.564.